The van der Waals surface area contributed by atoms with Gasteiger partial charge < -0.3 is 5.32 Å². The van der Waals surface area contributed by atoms with E-state index in [1.807, 2.05) is 0 Å². The number of piperazine rings is 1. The molecule has 0 bridgehead atoms. The zero-order chi connectivity index (χ0) is 14.6. The lowest BCUT2D eigenvalue weighted by Crippen LogP contribution is -2.50. The highest BCUT2D eigenvalue weighted by atomic mass is 19.4. The van der Waals surface area contributed by atoms with Crippen LogP contribution >= 0.6 is 0 Å². The van der Waals surface area contributed by atoms with Gasteiger partial charge >= 0.3 is 6.18 Å². The number of hydrogen-bond donors (Lipinski definition) is 1. The Morgan fingerprint density at radius 1 is 1.35 bits per heavy atom. The maximum Gasteiger partial charge on any atom is 0.416 e. The molecule has 0 amide bonds. The zero-order valence-corrected chi connectivity index (χ0v) is 11.7. The Balaban J connectivity index is 2.08. The fourth-order valence-corrected chi connectivity index (χ4v) is 2.71. The number of rotatable bonds is 4. The molecule has 1 heterocycles. The van der Waals surface area contributed by atoms with Crippen LogP contribution in [0.15, 0.2) is 24.3 Å². The number of hydrogen-bond acceptors (Lipinski definition) is 2. The monoisotopic (exact) mass is 286 g/mol. The first-order valence-electron chi connectivity index (χ1n) is 7.11. The number of nitrogens with zero attached hydrogens (tertiary/aromatic N) is 1. The predicted molar refractivity (Wildman–Crippen MR) is 73.4 cm³/mol. The molecule has 0 aliphatic carbocycles. The SMILES string of the molecule is CCCC1CNCCN1Cc1cccc(C(F)(F)F)c1. The maximum absolute atomic E-state index is 12.7. The molecule has 0 saturated carbocycles. The van der Waals surface area contributed by atoms with Gasteiger partial charge in [-0.3, -0.25) is 4.90 Å². The van der Waals surface area contributed by atoms with Crippen LogP contribution in [0.4, 0.5) is 13.2 Å². The van der Waals surface area contributed by atoms with Crippen LogP contribution in [0.2, 0.25) is 0 Å². The molecule has 1 aromatic carbocycles. The van der Waals surface area contributed by atoms with E-state index in [9.17, 15) is 13.2 Å². The average Bonchev–Trinajstić information content (AvgIpc) is 2.41. The van der Waals surface area contributed by atoms with Crippen LogP contribution in [0, 0.1) is 0 Å². The van der Waals surface area contributed by atoms with Crippen molar-refractivity contribution in [3.05, 3.63) is 35.4 Å². The molecule has 112 valence electrons. The second kappa shape index (κ2) is 6.59. The molecule has 1 aliphatic heterocycles. The maximum atomic E-state index is 12.7. The van der Waals surface area contributed by atoms with Gasteiger partial charge in [0, 0.05) is 32.2 Å². The van der Waals surface area contributed by atoms with E-state index in [4.69, 9.17) is 0 Å². The minimum atomic E-state index is -4.26. The third-order valence-electron chi connectivity index (χ3n) is 3.73. The topological polar surface area (TPSA) is 15.3 Å². The standard InChI is InChI=1S/C15H21F3N2/c1-2-4-14-10-19-7-8-20(14)11-12-5-3-6-13(9-12)15(16,17)18/h3,5-6,9,14,19H,2,4,7-8,10-11H2,1H3. The first kappa shape index (κ1) is 15.3. The van der Waals surface area contributed by atoms with E-state index in [0.29, 0.717) is 12.6 Å². The molecule has 1 fully saturated rings. The molecule has 1 aromatic rings. The van der Waals surface area contributed by atoms with E-state index in [1.165, 1.54) is 12.1 Å². The molecule has 0 spiro atoms. The van der Waals surface area contributed by atoms with Crippen LogP contribution in [0.1, 0.15) is 30.9 Å². The number of halogens is 3. The summed E-state index contributed by atoms with van der Waals surface area (Å²) in [4.78, 5) is 2.29. The summed E-state index contributed by atoms with van der Waals surface area (Å²) in [6, 6.07) is 6.09. The van der Waals surface area contributed by atoms with Crippen molar-refractivity contribution < 1.29 is 13.2 Å². The third kappa shape index (κ3) is 3.96. The van der Waals surface area contributed by atoms with Crippen molar-refractivity contribution in [1.29, 1.82) is 0 Å². The highest BCUT2D eigenvalue weighted by molar-refractivity contribution is 5.25. The second-order valence-corrected chi connectivity index (χ2v) is 5.32. The minimum Gasteiger partial charge on any atom is -0.314 e. The number of benzene rings is 1. The molecule has 1 N–H and O–H groups in total. The Hall–Kier alpha value is -1.07. The highest BCUT2D eigenvalue weighted by Crippen LogP contribution is 2.30. The van der Waals surface area contributed by atoms with Crippen LogP contribution < -0.4 is 5.32 Å². The van der Waals surface area contributed by atoms with Gasteiger partial charge in [-0.05, 0) is 18.1 Å². The molecule has 1 saturated heterocycles. The van der Waals surface area contributed by atoms with Gasteiger partial charge in [-0.2, -0.15) is 13.2 Å². The summed E-state index contributed by atoms with van der Waals surface area (Å²) in [5.74, 6) is 0. The van der Waals surface area contributed by atoms with Crippen molar-refractivity contribution in [3.63, 3.8) is 0 Å². The van der Waals surface area contributed by atoms with E-state index in [2.05, 4.69) is 17.1 Å². The summed E-state index contributed by atoms with van der Waals surface area (Å²) in [6.45, 7) is 5.44. The van der Waals surface area contributed by atoms with E-state index >= 15 is 0 Å². The quantitative estimate of drug-likeness (QED) is 0.914. The number of nitrogens with one attached hydrogen (secondary N) is 1. The summed E-state index contributed by atoms with van der Waals surface area (Å²) in [5.41, 5.74) is 0.181. The molecule has 2 nitrogen and oxygen atoms in total. The van der Waals surface area contributed by atoms with Gasteiger partial charge in [0.1, 0.15) is 0 Å². The molecule has 1 aliphatic rings. The molecule has 0 radical (unpaired) electrons. The van der Waals surface area contributed by atoms with Crippen molar-refractivity contribution in [2.45, 2.75) is 38.5 Å². The molecule has 2 rings (SSSR count). The smallest absolute Gasteiger partial charge is 0.314 e. The predicted octanol–water partition coefficient (Wildman–Crippen LogP) is 3.28. The van der Waals surface area contributed by atoms with E-state index in [0.717, 1.165) is 44.1 Å². The molecular weight excluding hydrogens is 265 g/mol. The van der Waals surface area contributed by atoms with Gasteiger partial charge in [0.05, 0.1) is 5.56 Å². The summed E-state index contributed by atoms with van der Waals surface area (Å²) < 4.78 is 38.2. The summed E-state index contributed by atoms with van der Waals surface area (Å²) in [6.07, 6.45) is -2.10. The van der Waals surface area contributed by atoms with Crippen molar-refractivity contribution in [1.82, 2.24) is 10.2 Å². The van der Waals surface area contributed by atoms with Crippen LogP contribution in [-0.2, 0) is 12.7 Å². The molecule has 20 heavy (non-hydrogen) atoms. The third-order valence-corrected chi connectivity index (χ3v) is 3.73. The van der Waals surface area contributed by atoms with Gasteiger partial charge in [0.25, 0.3) is 0 Å². The van der Waals surface area contributed by atoms with Crippen molar-refractivity contribution >= 4 is 0 Å². The van der Waals surface area contributed by atoms with Crippen molar-refractivity contribution in [2.24, 2.45) is 0 Å². The van der Waals surface area contributed by atoms with Gasteiger partial charge in [0.15, 0.2) is 0 Å². The van der Waals surface area contributed by atoms with Gasteiger partial charge in [-0.1, -0.05) is 31.5 Å². The number of alkyl halides is 3. The fraction of sp³-hybridized carbons (Fsp3) is 0.600. The Kier molecular flexibility index (Phi) is 5.05. The van der Waals surface area contributed by atoms with E-state index in [-0.39, 0.29) is 0 Å². The van der Waals surface area contributed by atoms with Crippen molar-refractivity contribution in [3.8, 4) is 0 Å². The summed E-state index contributed by atoms with van der Waals surface area (Å²) in [5, 5.41) is 3.35. The van der Waals surface area contributed by atoms with Crippen molar-refractivity contribution in [2.75, 3.05) is 19.6 Å². The minimum absolute atomic E-state index is 0.420. The summed E-state index contributed by atoms with van der Waals surface area (Å²) >= 11 is 0. The second-order valence-electron chi connectivity index (χ2n) is 5.32. The Morgan fingerprint density at radius 2 is 2.15 bits per heavy atom. The van der Waals surface area contributed by atoms with Crippen LogP contribution in [0.5, 0.6) is 0 Å². The lowest BCUT2D eigenvalue weighted by Gasteiger charge is -2.36. The van der Waals surface area contributed by atoms with Gasteiger partial charge in [0.2, 0.25) is 0 Å². The van der Waals surface area contributed by atoms with Crippen LogP contribution in [-0.4, -0.2) is 30.6 Å². The Morgan fingerprint density at radius 3 is 2.85 bits per heavy atom. The van der Waals surface area contributed by atoms with Crippen LogP contribution in [0.25, 0.3) is 0 Å². The Labute approximate surface area is 118 Å². The lowest BCUT2D eigenvalue weighted by molar-refractivity contribution is -0.137. The largest absolute Gasteiger partial charge is 0.416 e. The van der Waals surface area contributed by atoms with E-state index in [1.54, 1.807) is 6.07 Å². The Bertz CT molecular complexity index is 429. The van der Waals surface area contributed by atoms with Gasteiger partial charge in [-0.25, -0.2) is 0 Å². The summed E-state index contributed by atoms with van der Waals surface area (Å²) in [7, 11) is 0. The normalized spacial score (nSPS) is 21.1. The van der Waals surface area contributed by atoms with Gasteiger partial charge in [-0.15, -0.1) is 0 Å². The average molecular weight is 286 g/mol. The molecular formula is C15H21F3N2. The lowest BCUT2D eigenvalue weighted by atomic mass is 10.1. The molecule has 0 aromatic heterocycles. The van der Waals surface area contributed by atoms with Crippen LogP contribution in [0.3, 0.4) is 0 Å². The fourth-order valence-electron chi connectivity index (χ4n) is 2.71. The molecule has 1 atom stereocenters. The molecule has 5 heteroatoms. The molecule has 1 unspecified atom stereocenters. The first-order chi connectivity index (χ1) is 9.50. The van der Waals surface area contributed by atoms with E-state index < -0.39 is 11.7 Å². The first-order valence-corrected chi connectivity index (χ1v) is 7.11. The zero-order valence-electron chi connectivity index (χ0n) is 11.7. The highest BCUT2D eigenvalue weighted by Gasteiger charge is 2.30.